The number of ketones is 1. The highest BCUT2D eigenvalue weighted by Crippen LogP contribution is 2.34. The number of benzene rings is 1. The largest absolute Gasteiger partial charge is 0.497 e. The number of nitrogens with one attached hydrogen (secondary N) is 1. The molecule has 0 aliphatic carbocycles. The Balaban J connectivity index is 1.52. The predicted molar refractivity (Wildman–Crippen MR) is 116 cm³/mol. The molecule has 0 bridgehead atoms. The minimum atomic E-state index is -0.370. The number of carbonyl (C=O) groups is 1. The van der Waals surface area contributed by atoms with Crippen LogP contribution in [0.2, 0.25) is 0 Å². The van der Waals surface area contributed by atoms with Gasteiger partial charge in [-0.2, -0.15) is 0 Å². The molecule has 6 nitrogen and oxygen atoms in total. The van der Waals surface area contributed by atoms with Crippen LogP contribution in [0.25, 0.3) is 10.9 Å². The topological polar surface area (TPSA) is 73.3 Å². The summed E-state index contributed by atoms with van der Waals surface area (Å²) in [6.45, 7) is 6.22. The third-order valence-corrected chi connectivity index (χ3v) is 7.25. The molecule has 3 heterocycles. The van der Waals surface area contributed by atoms with Gasteiger partial charge in [-0.25, -0.2) is 9.97 Å². The summed E-state index contributed by atoms with van der Waals surface area (Å²) in [5, 5.41) is 5.05. The van der Waals surface area contributed by atoms with Crippen molar-refractivity contribution in [2.75, 3.05) is 32.6 Å². The van der Waals surface area contributed by atoms with E-state index in [4.69, 9.17) is 9.47 Å². The molecule has 0 saturated carbocycles. The molecule has 2 aromatic heterocycles. The van der Waals surface area contributed by atoms with E-state index in [0.717, 1.165) is 44.5 Å². The highest BCUT2D eigenvalue weighted by Gasteiger charge is 2.32. The molecule has 1 aliphatic heterocycles. The second-order valence-electron chi connectivity index (χ2n) is 7.09. The Kier molecular flexibility index (Phi) is 5.87. The van der Waals surface area contributed by atoms with Gasteiger partial charge >= 0.3 is 0 Å². The number of methoxy groups -OCH3 is 1. The number of hydrogen-bond acceptors (Lipinski definition) is 8. The quantitative estimate of drug-likeness (QED) is 0.363. The average Bonchev–Trinajstić information content (AvgIpc) is 3.23. The molecule has 0 radical (unpaired) electrons. The molecular formula is C21H23N3O3S2. The number of aryl methyl sites for hydroxylation is 1. The lowest BCUT2D eigenvalue weighted by Crippen LogP contribution is -2.44. The first kappa shape index (κ1) is 20.3. The van der Waals surface area contributed by atoms with Crippen molar-refractivity contribution >= 4 is 39.8 Å². The summed E-state index contributed by atoms with van der Waals surface area (Å²) in [7, 11) is 1.63. The highest BCUT2D eigenvalue weighted by molar-refractivity contribution is 8.00. The number of thiophene rings is 1. The van der Waals surface area contributed by atoms with Crippen molar-refractivity contribution in [1.82, 2.24) is 15.3 Å². The van der Waals surface area contributed by atoms with Gasteiger partial charge in [0.25, 0.3) is 0 Å². The number of ether oxygens (including phenoxy) is 2. The van der Waals surface area contributed by atoms with E-state index >= 15 is 0 Å². The van der Waals surface area contributed by atoms with Gasteiger partial charge in [0, 0.05) is 23.4 Å². The smallest absolute Gasteiger partial charge is 0.183 e. The van der Waals surface area contributed by atoms with Crippen LogP contribution in [0.1, 0.15) is 27.3 Å². The standard InChI is InChI=1S/C21H23N3O3S2/c1-13-23-16-5-4-14(26-3)10-15(16)20(24-13)28-11-17(25)18-6-7-19(29-18)21(2)12-22-8-9-27-21/h4-7,10,22H,8-9,11-12H2,1-3H3/t21-/m1/s1. The molecule has 8 heteroatoms. The molecule has 1 saturated heterocycles. The second kappa shape index (κ2) is 8.39. The van der Waals surface area contributed by atoms with E-state index in [9.17, 15) is 4.79 Å². The average molecular weight is 430 g/mol. The Morgan fingerprint density at radius 3 is 2.97 bits per heavy atom. The van der Waals surface area contributed by atoms with Gasteiger partial charge in [-0.15, -0.1) is 11.3 Å². The van der Waals surface area contributed by atoms with Crippen LogP contribution in [0.15, 0.2) is 35.4 Å². The Labute approximate surface area is 178 Å². The summed E-state index contributed by atoms with van der Waals surface area (Å²) in [5.74, 6) is 1.84. The van der Waals surface area contributed by atoms with Gasteiger partial charge in [0.2, 0.25) is 0 Å². The van der Waals surface area contributed by atoms with Gasteiger partial charge in [0.05, 0.1) is 29.9 Å². The van der Waals surface area contributed by atoms with Crippen LogP contribution >= 0.6 is 23.1 Å². The lowest BCUT2D eigenvalue weighted by Gasteiger charge is -2.33. The molecule has 1 fully saturated rings. The summed E-state index contributed by atoms with van der Waals surface area (Å²) >= 11 is 2.95. The molecule has 0 unspecified atom stereocenters. The number of aromatic nitrogens is 2. The zero-order valence-electron chi connectivity index (χ0n) is 16.7. The molecule has 1 aliphatic rings. The van der Waals surface area contributed by atoms with Crippen molar-refractivity contribution in [1.29, 1.82) is 0 Å². The molecular weight excluding hydrogens is 406 g/mol. The van der Waals surface area contributed by atoms with Crippen LogP contribution in [0.4, 0.5) is 0 Å². The number of hydrogen-bond donors (Lipinski definition) is 1. The van der Waals surface area contributed by atoms with Crippen molar-refractivity contribution in [2.45, 2.75) is 24.5 Å². The van der Waals surface area contributed by atoms with Crippen LogP contribution in [0.3, 0.4) is 0 Å². The Bertz CT molecular complexity index is 1040. The van der Waals surface area contributed by atoms with Crippen LogP contribution in [-0.4, -0.2) is 48.3 Å². The fraction of sp³-hybridized carbons (Fsp3) is 0.381. The maximum absolute atomic E-state index is 12.8. The molecule has 0 amide bonds. The second-order valence-corrected chi connectivity index (χ2v) is 9.14. The third kappa shape index (κ3) is 4.30. The zero-order valence-corrected chi connectivity index (χ0v) is 18.3. The number of rotatable bonds is 6. The van der Waals surface area contributed by atoms with E-state index < -0.39 is 0 Å². The van der Waals surface area contributed by atoms with Gasteiger partial charge in [0.1, 0.15) is 22.2 Å². The Morgan fingerprint density at radius 2 is 2.21 bits per heavy atom. The van der Waals surface area contributed by atoms with Gasteiger partial charge in [-0.3, -0.25) is 4.79 Å². The van der Waals surface area contributed by atoms with E-state index in [1.165, 1.54) is 23.1 Å². The Hall–Kier alpha value is -2.00. The number of nitrogens with zero attached hydrogens (tertiary/aromatic N) is 2. The fourth-order valence-corrected chi connectivity index (χ4v) is 5.36. The van der Waals surface area contributed by atoms with Gasteiger partial charge in [-0.1, -0.05) is 11.8 Å². The molecule has 4 rings (SSSR count). The molecule has 29 heavy (non-hydrogen) atoms. The van der Waals surface area contributed by atoms with Crippen molar-refractivity contribution in [3.05, 3.63) is 45.9 Å². The minimum Gasteiger partial charge on any atom is -0.497 e. The minimum absolute atomic E-state index is 0.0888. The highest BCUT2D eigenvalue weighted by atomic mass is 32.2. The third-order valence-electron chi connectivity index (χ3n) is 4.88. The molecule has 1 atom stereocenters. The predicted octanol–water partition coefficient (Wildman–Crippen LogP) is 3.82. The van der Waals surface area contributed by atoms with Gasteiger partial charge in [0.15, 0.2) is 5.78 Å². The molecule has 3 aromatic rings. The number of Topliss-reactive ketones (excluding diaryl/α,β-unsaturated/α-hetero) is 1. The first-order valence-electron chi connectivity index (χ1n) is 9.42. The SMILES string of the molecule is COc1ccc2nc(C)nc(SCC(=O)c3ccc([C@@]4(C)CNCCO4)s3)c2c1. The summed E-state index contributed by atoms with van der Waals surface area (Å²) in [6.07, 6.45) is 0. The van der Waals surface area contributed by atoms with Crippen LogP contribution < -0.4 is 10.1 Å². The molecule has 152 valence electrons. The van der Waals surface area contributed by atoms with Crippen LogP contribution in [0, 0.1) is 6.92 Å². The van der Waals surface area contributed by atoms with E-state index in [0.29, 0.717) is 18.2 Å². The lowest BCUT2D eigenvalue weighted by atomic mass is 10.0. The maximum atomic E-state index is 12.8. The number of fused-ring (bicyclic) bond motifs is 1. The first-order valence-corrected chi connectivity index (χ1v) is 11.2. The molecule has 1 aromatic carbocycles. The van der Waals surface area contributed by atoms with Crippen LogP contribution in [0.5, 0.6) is 5.75 Å². The van der Waals surface area contributed by atoms with Gasteiger partial charge in [-0.05, 0) is 44.2 Å². The van der Waals surface area contributed by atoms with Crippen molar-refractivity contribution in [3.63, 3.8) is 0 Å². The number of morpholine rings is 1. The van der Waals surface area contributed by atoms with Gasteiger partial charge < -0.3 is 14.8 Å². The zero-order chi connectivity index (χ0) is 20.4. The van der Waals surface area contributed by atoms with E-state index in [1.807, 2.05) is 37.3 Å². The first-order chi connectivity index (χ1) is 14.0. The lowest BCUT2D eigenvalue weighted by molar-refractivity contribution is -0.0546. The van der Waals surface area contributed by atoms with Crippen molar-refractivity contribution in [3.8, 4) is 5.75 Å². The molecule has 0 spiro atoms. The van der Waals surface area contributed by atoms with Crippen molar-refractivity contribution < 1.29 is 14.3 Å². The van der Waals surface area contributed by atoms with E-state index in [2.05, 4.69) is 22.2 Å². The van der Waals surface area contributed by atoms with Crippen molar-refractivity contribution in [2.24, 2.45) is 0 Å². The fourth-order valence-electron chi connectivity index (χ4n) is 3.29. The van der Waals surface area contributed by atoms with E-state index in [-0.39, 0.29) is 11.4 Å². The summed E-state index contributed by atoms with van der Waals surface area (Å²) in [5.41, 5.74) is 0.479. The maximum Gasteiger partial charge on any atom is 0.183 e. The number of thioether (sulfide) groups is 1. The summed E-state index contributed by atoms with van der Waals surface area (Å²) < 4.78 is 11.3. The van der Waals surface area contributed by atoms with E-state index in [1.54, 1.807) is 7.11 Å². The monoisotopic (exact) mass is 429 g/mol. The summed E-state index contributed by atoms with van der Waals surface area (Å²) in [4.78, 5) is 23.7. The Morgan fingerprint density at radius 1 is 1.34 bits per heavy atom. The normalized spacial score (nSPS) is 19.4. The molecule has 1 N–H and O–H groups in total. The van der Waals surface area contributed by atoms with Crippen LogP contribution in [-0.2, 0) is 10.3 Å². The number of carbonyl (C=O) groups excluding carboxylic acids is 1. The summed E-state index contributed by atoms with van der Waals surface area (Å²) in [6, 6.07) is 9.62.